The maximum absolute atomic E-state index is 12.4. The van der Waals surface area contributed by atoms with Gasteiger partial charge in [-0.1, -0.05) is 0 Å². The third kappa shape index (κ3) is 2.71. The molecule has 112 valence electrons. The molecule has 2 atom stereocenters. The van der Waals surface area contributed by atoms with Crippen molar-refractivity contribution in [2.24, 2.45) is 17.1 Å². The molecule has 0 bridgehead atoms. The van der Waals surface area contributed by atoms with E-state index < -0.39 is 23.2 Å². The molecule has 2 heterocycles. The quantitative estimate of drug-likeness (QED) is 0.750. The number of likely N-dealkylation sites (tertiary alicyclic amines) is 2. The minimum Gasteiger partial charge on any atom is -0.481 e. The van der Waals surface area contributed by atoms with Gasteiger partial charge in [-0.3, -0.25) is 9.59 Å². The molecule has 0 aromatic carbocycles. The van der Waals surface area contributed by atoms with E-state index in [4.69, 9.17) is 10.8 Å². The summed E-state index contributed by atoms with van der Waals surface area (Å²) < 4.78 is 0. The SMILES string of the molecule is CC1(C(N)=O)CCN(C(=O)N2CCCC(C(=O)O)C2)C1. The number of carboxylic acids is 1. The maximum Gasteiger partial charge on any atom is 0.320 e. The fraction of sp³-hybridized carbons (Fsp3) is 0.769. The number of urea groups is 1. The molecule has 7 heteroatoms. The van der Waals surface area contributed by atoms with Crippen LogP contribution in [0.15, 0.2) is 0 Å². The largest absolute Gasteiger partial charge is 0.481 e. The molecule has 2 saturated heterocycles. The minimum absolute atomic E-state index is 0.180. The first-order valence-electron chi connectivity index (χ1n) is 6.90. The van der Waals surface area contributed by atoms with Gasteiger partial charge in [0.15, 0.2) is 0 Å². The van der Waals surface area contributed by atoms with Crippen LogP contribution < -0.4 is 5.73 Å². The van der Waals surface area contributed by atoms with E-state index in [-0.39, 0.29) is 12.6 Å². The molecule has 20 heavy (non-hydrogen) atoms. The zero-order valence-corrected chi connectivity index (χ0v) is 11.7. The van der Waals surface area contributed by atoms with Crippen LogP contribution in [0, 0.1) is 11.3 Å². The first-order valence-corrected chi connectivity index (χ1v) is 6.90. The summed E-state index contributed by atoms with van der Waals surface area (Å²) in [6.45, 7) is 3.39. The number of hydrogen-bond donors (Lipinski definition) is 2. The lowest BCUT2D eigenvalue weighted by Gasteiger charge is -2.34. The van der Waals surface area contributed by atoms with E-state index in [1.807, 2.05) is 0 Å². The van der Waals surface area contributed by atoms with Crippen molar-refractivity contribution in [3.05, 3.63) is 0 Å². The molecular formula is C13H21N3O4. The lowest BCUT2D eigenvalue weighted by molar-refractivity contribution is -0.143. The second kappa shape index (κ2) is 5.30. The molecule has 0 spiro atoms. The molecular weight excluding hydrogens is 262 g/mol. The topological polar surface area (TPSA) is 104 Å². The first-order chi connectivity index (χ1) is 9.33. The number of carbonyl (C=O) groups is 3. The summed E-state index contributed by atoms with van der Waals surface area (Å²) in [6.07, 6.45) is 1.87. The predicted molar refractivity (Wildman–Crippen MR) is 70.8 cm³/mol. The zero-order chi connectivity index (χ0) is 14.9. The third-order valence-electron chi connectivity index (χ3n) is 4.38. The number of aliphatic carboxylic acids is 1. The first kappa shape index (κ1) is 14.6. The Morgan fingerprint density at radius 3 is 2.50 bits per heavy atom. The van der Waals surface area contributed by atoms with Gasteiger partial charge in [0, 0.05) is 26.2 Å². The Kier molecular flexibility index (Phi) is 3.87. The summed E-state index contributed by atoms with van der Waals surface area (Å²) in [6, 6.07) is -0.180. The number of carbonyl (C=O) groups excluding carboxylic acids is 2. The molecule has 2 unspecified atom stereocenters. The molecule has 0 aliphatic carbocycles. The Bertz CT molecular complexity index is 435. The molecule has 2 aliphatic rings. The predicted octanol–water partition coefficient (Wildman–Crippen LogP) is 0.100. The fourth-order valence-corrected chi connectivity index (χ4v) is 2.88. The standard InChI is InChI=1S/C13H21N3O4/c1-13(11(14)19)4-6-16(8-13)12(20)15-5-2-3-9(7-15)10(17)18/h9H,2-8H2,1H3,(H2,14,19)(H,17,18). The van der Waals surface area contributed by atoms with Gasteiger partial charge in [0.1, 0.15) is 0 Å². The van der Waals surface area contributed by atoms with Gasteiger partial charge in [-0.2, -0.15) is 0 Å². The summed E-state index contributed by atoms with van der Waals surface area (Å²) in [7, 11) is 0. The van der Waals surface area contributed by atoms with E-state index in [9.17, 15) is 14.4 Å². The number of hydrogen-bond acceptors (Lipinski definition) is 3. The van der Waals surface area contributed by atoms with Gasteiger partial charge >= 0.3 is 12.0 Å². The molecule has 0 saturated carbocycles. The molecule has 0 aromatic rings. The molecule has 7 nitrogen and oxygen atoms in total. The normalized spacial score (nSPS) is 30.4. The van der Waals surface area contributed by atoms with Crippen molar-refractivity contribution in [1.29, 1.82) is 0 Å². The zero-order valence-electron chi connectivity index (χ0n) is 11.7. The maximum atomic E-state index is 12.4. The lowest BCUT2D eigenvalue weighted by atomic mass is 9.89. The Morgan fingerprint density at radius 2 is 1.95 bits per heavy atom. The number of amides is 3. The van der Waals surface area contributed by atoms with E-state index in [2.05, 4.69) is 0 Å². The van der Waals surface area contributed by atoms with Gasteiger partial charge in [-0.15, -0.1) is 0 Å². The lowest BCUT2D eigenvalue weighted by Crippen LogP contribution is -2.49. The van der Waals surface area contributed by atoms with Crippen LogP contribution in [-0.4, -0.2) is 59.0 Å². The smallest absolute Gasteiger partial charge is 0.320 e. The van der Waals surface area contributed by atoms with Crippen LogP contribution in [0.5, 0.6) is 0 Å². The van der Waals surface area contributed by atoms with Gasteiger partial charge in [-0.25, -0.2) is 4.79 Å². The van der Waals surface area contributed by atoms with Crippen molar-refractivity contribution in [3.8, 4) is 0 Å². The average molecular weight is 283 g/mol. The second-order valence-electron chi connectivity index (χ2n) is 6.00. The van der Waals surface area contributed by atoms with Gasteiger partial charge in [0.05, 0.1) is 11.3 Å². The molecule has 3 N–H and O–H groups in total. The Labute approximate surface area is 117 Å². The summed E-state index contributed by atoms with van der Waals surface area (Å²) in [5.74, 6) is -1.74. The van der Waals surface area contributed by atoms with E-state index in [1.165, 1.54) is 0 Å². The monoisotopic (exact) mass is 283 g/mol. The molecule has 0 radical (unpaired) electrons. The van der Waals surface area contributed by atoms with Crippen molar-refractivity contribution in [1.82, 2.24) is 9.80 Å². The van der Waals surface area contributed by atoms with Gasteiger partial charge < -0.3 is 20.6 Å². The van der Waals surface area contributed by atoms with Crippen LogP contribution >= 0.6 is 0 Å². The highest BCUT2D eigenvalue weighted by molar-refractivity contribution is 5.83. The molecule has 2 fully saturated rings. The van der Waals surface area contributed by atoms with Gasteiger partial charge in [0.25, 0.3) is 0 Å². The van der Waals surface area contributed by atoms with Crippen molar-refractivity contribution < 1.29 is 19.5 Å². The van der Waals surface area contributed by atoms with E-state index >= 15 is 0 Å². The number of primary amides is 1. The number of piperidine rings is 1. The second-order valence-corrected chi connectivity index (χ2v) is 6.00. The van der Waals surface area contributed by atoms with Crippen LogP contribution in [-0.2, 0) is 9.59 Å². The number of nitrogens with zero attached hydrogens (tertiary/aromatic N) is 2. The summed E-state index contributed by atoms with van der Waals surface area (Å²) >= 11 is 0. The van der Waals surface area contributed by atoms with Gasteiger partial charge in [-0.05, 0) is 26.2 Å². The molecule has 0 aromatic heterocycles. The van der Waals surface area contributed by atoms with E-state index in [0.29, 0.717) is 38.9 Å². The molecule has 3 amide bonds. The summed E-state index contributed by atoms with van der Waals surface area (Å²) in [5, 5.41) is 9.05. The fourth-order valence-electron chi connectivity index (χ4n) is 2.88. The number of rotatable bonds is 2. The third-order valence-corrected chi connectivity index (χ3v) is 4.38. The van der Waals surface area contributed by atoms with Crippen LogP contribution in [0.4, 0.5) is 4.79 Å². The van der Waals surface area contributed by atoms with Crippen LogP contribution in [0.3, 0.4) is 0 Å². The number of carboxylic acid groups (broad SMARTS) is 1. The molecule has 2 rings (SSSR count). The molecule has 2 aliphatic heterocycles. The van der Waals surface area contributed by atoms with Crippen molar-refractivity contribution in [3.63, 3.8) is 0 Å². The Morgan fingerprint density at radius 1 is 1.25 bits per heavy atom. The summed E-state index contributed by atoms with van der Waals surface area (Å²) in [5.41, 5.74) is 4.70. The van der Waals surface area contributed by atoms with Crippen LogP contribution in [0.2, 0.25) is 0 Å². The highest BCUT2D eigenvalue weighted by Gasteiger charge is 2.42. The Hall–Kier alpha value is -1.79. The summed E-state index contributed by atoms with van der Waals surface area (Å²) in [4.78, 5) is 38.0. The van der Waals surface area contributed by atoms with Crippen molar-refractivity contribution >= 4 is 17.9 Å². The highest BCUT2D eigenvalue weighted by atomic mass is 16.4. The van der Waals surface area contributed by atoms with E-state index in [1.54, 1.807) is 16.7 Å². The number of nitrogens with two attached hydrogens (primary N) is 1. The van der Waals surface area contributed by atoms with Crippen LogP contribution in [0.1, 0.15) is 26.2 Å². The van der Waals surface area contributed by atoms with E-state index in [0.717, 1.165) is 0 Å². The highest BCUT2D eigenvalue weighted by Crippen LogP contribution is 2.30. The minimum atomic E-state index is -0.856. The van der Waals surface area contributed by atoms with Gasteiger partial charge in [0.2, 0.25) is 5.91 Å². The van der Waals surface area contributed by atoms with Crippen molar-refractivity contribution in [2.45, 2.75) is 26.2 Å². The van der Waals surface area contributed by atoms with Crippen molar-refractivity contribution in [2.75, 3.05) is 26.2 Å². The Balaban J connectivity index is 1.98. The average Bonchev–Trinajstić information content (AvgIpc) is 2.82. The van der Waals surface area contributed by atoms with Crippen LogP contribution in [0.25, 0.3) is 0 Å².